The van der Waals surface area contributed by atoms with Crippen molar-refractivity contribution in [3.05, 3.63) is 0 Å². The molecule has 0 aliphatic carbocycles. The number of hydrogen-bond acceptors (Lipinski definition) is 4. The highest BCUT2D eigenvalue weighted by Crippen LogP contribution is 2.13. The van der Waals surface area contributed by atoms with Gasteiger partial charge in [-0.1, -0.05) is 38.3 Å². The molecule has 70 valence electrons. The van der Waals surface area contributed by atoms with Crippen LogP contribution in [0.15, 0.2) is 0 Å². The molecule has 0 spiro atoms. The summed E-state index contributed by atoms with van der Waals surface area (Å²) in [5.41, 5.74) is 0. The maximum atomic E-state index is 5.08. The predicted octanol–water partition coefficient (Wildman–Crippen LogP) is 3.93. The monoisotopic (exact) mass is 238 g/mol. The van der Waals surface area contributed by atoms with Gasteiger partial charge in [-0.25, -0.2) is 0 Å². The average Bonchev–Trinajstić information content (AvgIpc) is 2.11. The molecule has 0 nitrogen and oxygen atoms in total. The molecule has 0 fully saturated rings. The van der Waals surface area contributed by atoms with Gasteiger partial charge in [0.25, 0.3) is 0 Å². The zero-order chi connectivity index (χ0) is 9.40. The zero-order valence-corrected chi connectivity index (χ0v) is 10.7. The van der Waals surface area contributed by atoms with Crippen molar-refractivity contribution in [2.75, 3.05) is 11.5 Å². The minimum atomic E-state index is 1.00. The van der Waals surface area contributed by atoms with Gasteiger partial charge in [-0.3, -0.25) is 0 Å². The van der Waals surface area contributed by atoms with Crippen molar-refractivity contribution in [2.24, 2.45) is 0 Å². The molecule has 0 aromatic heterocycles. The lowest BCUT2D eigenvalue weighted by atomic mass is 10.6. The molecular weight excluding hydrogens is 224 g/mol. The van der Waals surface area contributed by atoms with E-state index in [1.807, 2.05) is 0 Å². The van der Waals surface area contributed by atoms with E-state index in [-0.39, 0.29) is 0 Å². The van der Waals surface area contributed by atoms with Crippen molar-refractivity contribution in [3.63, 3.8) is 0 Å². The van der Waals surface area contributed by atoms with E-state index in [2.05, 4.69) is 13.8 Å². The van der Waals surface area contributed by atoms with Crippen LogP contribution in [0.4, 0.5) is 0 Å². The first-order valence-electron chi connectivity index (χ1n) is 4.02. The van der Waals surface area contributed by atoms with E-state index in [1.165, 1.54) is 0 Å². The van der Waals surface area contributed by atoms with Crippen LogP contribution >= 0.6 is 48.0 Å². The maximum absolute atomic E-state index is 5.08. The Bertz CT molecular complexity index is 135. The van der Waals surface area contributed by atoms with E-state index < -0.39 is 0 Å². The zero-order valence-electron chi connectivity index (χ0n) is 7.46. The number of thiocarbonyl (C=S) groups is 2. The van der Waals surface area contributed by atoms with Crippen LogP contribution < -0.4 is 0 Å². The van der Waals surface area contributed by atoms with Crippen LogP contribution in [0.1, 0.15) is 26.7 Å². The highest BCUT2D eigenvalue weighted by Gasteiger charge is 1.96. The Labute approximate surface area is 94.3 Å². The molecule has 0 unspecified atom stereocenters. The molecule has 0 bridgehead atoms. The Hall–Kier alpha value is 0.880. The van der Waals surface area contributed by atoms with Crippen molar-refractivity contribution in [2.45, 2.75) is 26.7 Å². The van der Waals surface area contributed by atoms with Gasteiger partial charge >= 0.3 is 0 Å². The molecule has 0 atom stereocenters. The fourth-order valence-electron chi connectivity index (χ4n) is 0.515. The summed E-state index contributed by atoms with van der Waals surface area (Å²) in [6, 6.07) is 0. The second-order valence-corrected chi connectivity index (χ2v) is 6.03. The van der Waals surface area contributed by atoms with Crippen LogP contribution in [0.2, 0.25) is 0 Å². The lowest BCUT2D eigenvalue weighted by Crippen LogP contribution is -1.93. The minimum Gasteiger partial charge on any atom is -0.118 e. The van der Waals surface area contributed by atoms with Crippen LogP contribution in [0.5, 0.6) is 0 Å². The Morgan fingerprint density at radius 3 is 1.50 bits per heavy atom. The van der Waals surface area contributed by atoms with Gasteiger partial charge in [0.05, 0.1) is 0 Å². The molecular formula is C8H14S4. The SMILES string of the molecule is CCC(=S)SCCSC(=S)CC. The Balaban J connectivity index is 3.21. The molecule has 12 heavy (non-hydrogen) atoms. The van der Waals surface area contributed by atoms with E-state index in [0.717, 1.165) is 32.7 Å². The van der Waals surface area contributed by atoms with Crippen LogP contribution in [-0.4, -0.2) is 19.9 Å². The summed E-state index contributed by atoms with van der Waals surface area (Å²) in [6.45, 7) is 4.19. The lowest BCUT2D eigenvalue weighted by molar-refractivity contribution is 1.34. The second-order valence-electron chi connectivity index (χ2n) is 2.15. The van der Waals surface area contributed by atoms with E-state index in [9.17, 15) is 0 Å². The summed E-state index contributed by atoms with van der Waals surface area (Å²) in [5, 5.41) is 0. The summed E-state index contributed by atoms with van der Waals surface area (Å²) in [7, 11) is 0. The molecule has 0 amide bonds. The first-order valence-corrected chi connectivity index (χ1v) is 6.80. The van der Waals surface area contributed by atoms with Gasteiger partial charge in [0.15, 0.2) is 0 Å². The van der Waals surface area contributed by atoms with E-state index in [1.54, 1.807) is 23.5 Å². The first kappa shape index (κ1) is 12.9. The van der Waals surface area contributed by atoms with E-state index in [0.29, 0.717) is 0 Å². The summed E-state index contributed by atoms with van der Waals surface area (Å²) in [5.74, 6) is 2.19. The van der Waals surface area contributed by atoms with Crippen molar-refractivity contribution in [1.82, 2.24) is 0 Å². The van der Waals surface area contributed by atoms with Crippen molar-refractivity contribution >= 4 is 56.4 Å². The maximum Gasteiger partial charge on any atom is 0.0476 e. The lowest BCUT2D eigenvalue weighted by Gasteiger charge is -2.00. The third-order valence-corrected chi connectivity index (χ3v) is 4.77. The smallest absolute Gasteiger partial charge is 0.0476 e. The first-order chi connectivity index (χ1) is 5.70. The standard InChI is InChI=1S/C8H14S4/c1-3-7(9)11-5-6-12-8(10)4-2/h3-6H2,1-2H3. The highest BCUT2D eigenvalue weighted by atomic mass is 32.2. The van der Waals surface area contributed by atoms with Gasteiger partial charge in [0.2, 0.25) is 0 Å². The van der Waals surface area contributed by atoms with Crippen LogP contribution in [0.3, 0.4) is 0 Å². The Morgan fingerprint density at radius 2 is 1.25 bits per heavy atom. The van der Waals surface area contributed by atoms with Gasteiger partial charge in [-0.2, -0.15) is 0 Å². The molecule has 0 aromatic carbocycles. The molecule has 0 radical (unpaired) electrons. The molecule has 0 saturated heterocycles. The van der Waals surface area contributed by atoms with Gasteiger partial charge in [-0.15, -0.1) is 23.5 Å². The Morgan fingerprint density at radius 1 is 0.917 bits per heavy atom. The molecule has 0 N–H and O–H groups in total. The normalized spacial score (nSPS) is 9.83. The van der Waals surface area contributed by atoms with Gasteiger partial charge in [0.1, 0.15) is 0 Å². The molecule has 0 saturated carbocycles. The molecule has 0 rings (SSSR count). The predicted molar refractivity (Wildman–Crippen MR) is 70.7 cm³/mol. The van der Waals surface area contributed by atoms with E-state index in [4.69, 9.17) is 24.4 Å². The van der Waals surface area contributed by atoms with Crippen LogP contribution in [0.25, 0.3) is 0 Å². The third-order valence-electron chi connectivity index (χ3n) is 1.19. The Kier molecular flexibility index (Phi) is 9.10. The second kappa shape index (κ2) is 8.48. The fourth-order valence-corrected chi connectivity index (χ4v) is 2.55. The highest BCUT2D eigenvalue weighted by molar-refractivity contribution is 8.25. The molecule has 0 aromatic rings. The van der Waals surface area contributed by atoms with E-state index >= 15 is 0 Å². The molecule has 0 heterocycles. The largest absolute Gasteiger partial charge is 0.118 e. The summed E-state index contributed by atoms with van der Waals surface area (Å²) in [4.78, 5) is 0. The summed E-state index contributed by atoms with van der Waals surface area (Å²) < 4.78 is 2.22. The fraction of sp³-hybridized carbons (Fsp3) is 0.750. The van der Waals surface area contributed by atoms with Crippen LogP contribution in [0, 0.1) is 0 Å². The van der Waals surface area contributed by atoms with Crippen molar-refractivity contribution in [3.8, 4) is 0 Å². The van der Waals surface area contributed by atoms with Gasteiger partial charge in [-0.05, 0) is 12.8 Å². The number of hydrogen-bond donors (Lipinski definition) is 0. The summed E-state index contributed by atoms with van der Waals surface area (Å²) in [6.07, 6.45) is 2.01. The van der Waals surface area contributed by atoms with Crippen molar-refractivity contribution in [1.29, 1.82) is 0 Å². The van der Waals surface area contributed by atoms with Crippen LogP contribution in [-0.2, 0) is 0 Å². The minimum absolute atomic E-state index is 1.00. The third kappa shape index (κ3) is 7.53. The number of thioether (sulfide) groups is 2. The molecule has 0 aliphatic rings. The quantitative estimate of drug-likeness (QED) is 0.525. The van der Waals surface area contributed by atoms with Gasteiger partial charge in [0, 0.05) is 19.9 Å². The topological polar surface area (TPSA) is 0 Å². The summed E-state index contributed by atoms with van der Waals surface area (Å²) >= 11 is 13.7. The average molecular weight is 238 g/mol. The van der Waals surface area contributed by atoms with Crippen molar-refractivity contribution < 1.29 is 0 Å². The molecule has 0 aliphatic heterocycles. The number of rotatable bonds is 5. The van der Waals surface area contributed by atoms with Gasteiger partial charge < -0.3 is 0 Å². The molecule has 4 heteroatoms.